The monoisotopic (exact) mass is 422 g/mol. The third-order valence-corrected chi connectivity index (χ3v) is 5.52. The minimum Gasteiger partial charge on any atom is -0.337 e. The van der Waals surface area contributed by atoms with E-state index in [1.54, 1.807) is 36.4 Å². The third-order valence-electron chi connectivity index (χ3n) is 5.19. The number of anilines is 1. The highest BCUT2D eigenvalue weighted by molar-refractivity contribution is 6.34. The molecular formula is C23H23ClN4O2. The zero-order valence-corrected chi connectivity index (χ0v) is 17.2. The van der Waals surface area contributed by atoms with Gasteiger partial charge in [0.25, 0.3) is 11.8 Å². The van der Waals surface area contributed by atoms with Gasteiger partial charge in [-0.15, -0.1) is 0 Å². The molecule has 1 aromatic heterocycles. The number of benzene rings is 2. The molecule has 0 bridgehead atoms. The van der Waals surface area contributed by atoms with Crippen LogP contribution in [0.1, 0.15) is 26.4 Å². The Kier molecular flexibility index (Phi) is 6.16. The van der Waals surface area contributed by atoms with Crippen LogP contribution in [0.2, 0.25) is 5.02 Å². The number of halogens is 1. The number of nitrogens with one attached hydrogen (secondary N) is 2. The maximum absolute atomic E-state index is 12.8. The number of hydrogen-bond acceptors (Lipinski definition) is 3. The predicted octanol–water partition coefficient (Wildman–Crippen LogP) is 3.88. The topological polar surface area (TPSA) is 68.4 Å². The van der Waals surface area contributed by atoms with Crippen LogP contribution in [0.25, 0.3) is 0 Å². The van der Waals surface area contributed by atoms with Gasteiger partial charge in [-0.3, -0.25) is 14.5 Å². The van der Waals surface area contributed by atoms with E-state index in [1.165, 1.54) is 5.56 Å². The number of hydrogen-bond donors (Lipinski definition) is 2. The van der Waals surface area contributed by atoms with Crippen LogP contribution >= 0.6 is 11.6 Å². The molecule has 6 nitrogen and oxygen atoms in total. The van der Waals surface area contributed by atoms with Gasteiger partial charge in [0.2, 0.25) is 0 Å². The lowest BCUT2D eigenvalue weighted by Crippen LogP contribution is -2.48. The molecule has 0 unspecified atom stereocenters. The molecule has 1 saturated heterocycles. The number of aromatic amines is 1. The smallest absolute Gasteiger partial charge is 0.270 e. The number of carbonyl (C=O) groups is 2. The van der Waals surface area contributed by atoms with Gasteiger partial charge in [-0.1, -0.05) is 54.1 Å². The van der Waals surface area contributed by atoms with E-state index < -0.39 is 0 Å². The van der Waals surface area contributed by atoms with Gasteiger partial charge in [-0.05, 0) is 29.8 Å². The SMILES string of the molecule is O=C(Nc1ccc(C(=O)N2CCN(Cc3ccccc3)CC2)[nH]1)c1ccccc1Cl. The number of nitrogens with zero attached hydrogens (tertiary/aromatic N) is 2. The Morgan fingerprint density at radius 2 is 1.60 bits per heavy atom. The van der Waals surface area contributed by atoms with Crippen LogP contribution in [0.4, 0.5) is 5.82 Å². The van der Waals surface area contributed by atoms with Crippen LogP contribution in [0.15, 0.2) is 66.7 Å². The molecule has 30 heavy (non-hydrogen) atoms. The van der Waals surface area contributed by atoms with Crippen molar-refractivity contribution in [3.63, 3.8) is 0 Å². The molecule has 2 N–H and O–H groups in total. The quantitative estimate of drug-likeness (QED) is 0.655. The van der Waals surface area contributed by atoms with Gasteiger partial charge < -0.3 is 15.2 Å². The second kappa shape index (κ2) is 9.15. The molecule has 1 aliphatic heterocycles. The zero-order valence-electron chi connectivity index (χ0n) is 16.5. The predicted molar refractivity (Wildman–Crippen MR) is 118 cm³/mol. The number of aromatic nitrogens is 1. The lowest BCUT2D eigenvalue weighted by Gasteiger charge is -2.34. The van der Waals surface area contributed by atoms with Crippen molar-refractivity contribution in [3.8, 4) is 0 Å². The largest absolute Gasteiger partial charge is 0.337 e. The van der Waals surface area contributed by atoms with Crippen LogP contribution in [0, 0.1) is 0 Å². The van der Waals surface area contributed by atoms with Crippen LogP contribution < -0.4 is 5.32 Å². The van der Waals surface area contributed by atoms with Crippen LogP contribution in [0.3, 0.4) is 0 Å². The summed E-state index contributed by atoms with van der Waals surface area (Å²) in [5.41, 5.74) is 2.12. The normalized spacial score (nSPS) is 14.5. The Morgan fingerprint density at radius 3 is 2.33 bits per heavy atom. The van der Waals surface area contributed by atoms with Crippen molar-refractivity contribution < 1.29 is 9.59 Å². The van der Waals surface area contributed by atoms with Gasteiger partial charge in [0.15, 0.2) is 0 Å². The molecule has 0 aliphatic carbocycles. The molecule has 1 fully saturated rings. The number of amides is 2. The Labute approximate surface area is 180 Å². The summed E-state index contributed by atoms with van der Waals surface area (Å²) in [5, 5.41) is 3.13. The molecule has 2 aromatic carbocycles. The molecule has 7 heteroatoms. The molecule has 2 amide bonds. The van der Waals surface area contributed by atoms with Crippen molar-refractivity contribution in [2.45, 2.75) is 6.54 Å². The standard InChI is InChI=1S/C23H23ClN4O2/c24-19-9-5-4-8-18(19)22(29)26-21-11-10-20(25-21)23(30)28-14-12-27(13-15-28)16-17-6-2-1-3-7-17/h1-11,25H,12-16H2,(H,26,29). The fourth-order valence-electron chi connectivity index (χ4n) is 3.55. The van der Waals surface area contributed by atoms with Crippen molar-refractivity contribution in [1.29, 1.82) is 0 Å². The molecule has 1 aliphatic rings. The van der Waals surface area contributed by atoms with E-state index in [9.17, 15) is 9.59 Å². The molecule has 0 saturated carbocycles. The number of carbonyl (C=O) groups excluding carboxylic acids is 2. The van der Waals surface area contributed by atoms with Gasteiger partial charge in [0.05, 0.1) is 10.6 Å². The molecule has 154 valence electrons. The zero-order chi connectivity index (χ0) is 20.9. The second-order valence-electron chi connectivity index (χ2n) is 7.27. The van der Waals surface area contributed by atoms with Crippen LogP contribution in [0.5, 0.6) is 0 Å². The summed E-state index contributed by atoms with van der Waals surface area (Å²) in [4.78, 5) is 32.4. The lowest BCUT2D eigenvalue weighted by atomic mass is 10.2. The minimum absolute atomic E-state index is 0.0624. The summed E-state index contributed by atoms with van der Waals surface area (Å²) in [6, 6.07) is 20.6. The fraction of sp³-hybridized carbons (Fsp3) is 0.217. The molecule has 0 atom stereocenters. The highest BCUT2D eigenvalue weighted by Gasteiger charge is 2.23. The summed E-state index contributed by atoms with van der Waals surface area (Å²) in [6.07, 6.45) is 0. The summed E-state index contributed by atoms with van der Waals surface area (Å²) in [5.74, 6) is 0.0783. The number of rotatable bonds is 5. The molecule has 2 heterocycles. The fourth-order valence-corrected chi connectivity index (χ4v) is 3.77. The maximum Gasteiger partial charge on any atom is 0.270 e. The highest BCUT2D eigenvalue weighted by atomic mass is 35.5. The van der Waals surface area contributed by atoms with E-state index in [2.05, 4.69) is 27.3 Å². The van der Waals surface area contributed by atoms with E-state index in [-0.39, 0.29) is 11.8 Å². The average Bonchev–Trinajstić information content (AvgIpc) is 3.23. The molecule has 0 spiro atoms. The lowest BCUT2D eigenvalue weighted by molar-refractivity contribution is 0.0623. The summed E-state index contributed by atoms with van der Waals surface area (Å²) >= 11 is 6.07. The average molecular weight is 423 g/mol. The van der Waals surface area contributed by atoms with Crippen molar-refractivity contribution in [2.75, 3.05) is 31.5 Å². The highest BCUT2D eigenvalue weighted by Crippen LogP contribution is 2.18. The number of H-pyrrole nitrogens is 1. The van der Waals surface area contributed by atoms with Gasteiger partial charge in [0, 0.05) is 32.7 Å². The summed E-state index contributed by atoms with van der Waals surface area (Å²) in [6.45, 7) is 3.90. The third kappa shape index (κ3) is 4.72. The summed E-state index contributed by atoms with van der Waals surface area (Å²) in [7, 11) is 0. The Balaban J connectivity index is 1.32. The van der Waals surface area contributed by atoms with Crippen molar-refractivity contribution >= 4 is 29.2 Å². The first-order valence-corrected chi connectivity index (χ1v) is 10.3. The molecular weight excluding hydrogens is 400 g/mol. The second-order valence-corrected chi connectivity index (χ2v) is 7.68. The van der Waals surface area contributed by atoms with Crippen LogP contribution in [-0.2, 0) is 6.54 Å². The number of piperazine rings is 1. The van der Waals surface area contributed by atoms with E-state index in [4.69, 9.17) is 11.6 Å². The van der Waals surface area contributed by atoms with E-state index in [1.807, 2.05) is 23.1 Å². The Hall–Kier alpha value is -3.09. The van der Waals surface area contributed by atoms with Crippen molar-refractivity contribution in [2.24, 2.45) is 0 Å². The molecule has 3 aromatic rings. The van der Waals surface area contributed by atoms with Gasteiger partial charge in [-0.25, -0.2) is 0 Å². The Morgan fingerprint density at radius 1 is 0.900 bits per heavy atom. The first kappa shape index (κ1) is 20.2. The van der Waals surface area contributed by atoms with E-state index in [0.717, 1.165) is 19.6 Å². The van der Waals surface area contributed by atoms with Gasteiger partial charge >= 0.3 is 0 Å². The Bertz CT molecular complexity index is 1030. The van der Waals surface area contributed by atoms with Crippen molar-refractivity contribution in [3.05, 3.63) is 88.6 Å². The van der Waals surface area contributed by atoms with Gasteiger partial charge in [0.1, 0.15) is 11.5 Å². The molecule has 0 radical (unpaired) electrons. The first-order valence-electron chi connectivity index (χ1n) is 9.90. The maximum atomic E-state index is 12.8. The summed E-state index contributed by atoms with van der Waals surface area (Å²) < 4.78 is 0. The molecule has 4 rings (SSSR count). The van der Waals surface area contributed by atoms with E-state index in [0.29, 0.717) is 35.2 Å². The first-order chi connectivity index (χ1) is 14.6. The minimum atomic E-state index is -0.323. The van der Waals surface area contributed by atoms with Gasteiger partial charge in [-0.2, -0.15) is 0 Å². The van der Waals surface area contributed by atoms with Crippen LogP contribution in [-0.4, -0.2) is 52.8 Å². The van der Waals surface area contributed by atoms with E-state index >= 15 is 0 Å². The van der Waals surface area contributed by atoms with Crippen molar-refractivity contribution in [1.82, 2.24) is 14.8 Å².